The van der Waals surface area contributed by atoms with Crippen molar-refractivity contribution in [2.75, 3.05) is 11.9 Å². The molecule has 0 aromatic carbocycles. The van der Waals surface area contributed by atoms with E-state index in [1.54, 1.807) is 18.5 Å². The molecule has 0 radical (unpaired) electrons. The van der Waals surface area contributed by atoms with Crippen LogP contribution in [0.2, 0.25) is 0 Å². The topological polar surface area (TPSA) is 59.8 Å². The first-order valence-corrected chi connectivity index (χ1v) is 6.88. The van der Waals surface area contributed by atoms with Gasteiger partial charge in [0.1, 0.15) is 5.01 Å². The molecule has 3 rings (SSSR count). The molecule has 1 fully saturated rings. The van der Waals surface area contributed by atoms with Crippen molar-refractivity contribution in [3.63, 3.8) is 0 Å². The quantitative estimate of drug-likeness (QED) is 0.888. The number of hydrogen-bond donors (Lipinski definition) is 1. The van der Waals surface area contributed by atoms with E-state index in [4.69, 9.17) is 0 Å². The zero-order chi connectivity index (χ0) is 12.4. The van der Waals surface area contributed by atoms with E-state index < -0.39 is 0 Å². The molecule has 1 saturated carbocycles. The minimum absolute atomic E-state index is 0.0917. The Hall–Kier alpha value is -1.69. The molecule has 1 N–H and O–H groups in total. The molecule has 1 aliphatic carbocycles. The molecule has 5 nitrogen and oxygen atoms in total. The van der Waals surface area contributed by atoms with Crippen molar-refractivity contribution in [3.05, 3.63) is 39.2 Å². The third-order valence-electron chi connectivity index (χ3n) is 2.93. The average molecular weight is 262 g/mol. The predicted molar refractivity (Wildman–Crippen MR) is 70.9 cm³/mol. The first-order chi connectivity index (χ1) is 8.81. The van der Waals surface area contributed by atoms with Crippen LogP contribution in [0.25, 0.3) is 0 Å². The molecular formula is C12H14N4OS. The Morgan fingerprint density at radius 2 is 2.39 bits per heavy atom. The van der Waals surface area contributed by atoms with E-state index in [1.165, 1.54) is 28.9 Å². The smallest absolute Gasteiger partial charge is 0.269 e. The molecule has 94 valence electrons. The molecular weight excluding hydrogens is 248 g/mol. The second-order valence-corrected chi connectivity index (χ2v) is 5.47. The van der Waals surface area contributed by atoms with Crippen LogP contribution in [-0.2, 0) is 6.54 Å². The Balaban J connectivity index is 1.69. The summed E-state index contributed by atoms with van der Waals surface area (Å²) in [7, 11) is 0. The van der Waals surface area contributed by atoms with Gasteiger partial charge in [0.2, 0.25) is 0 Å². The summed E-state index contributed by atoms with van der Waals surface area (Å²) in [6, 6.07) is 1.60. The fourth-order valence-corrected chi connectivity index (χ4v) is 2.29. The maximum Gasteiger partial charge on any atom is 0.269 e. The number of anilines is 1. The van der Waals surface area contributed by atoms with Gasteiger partial charge in [0.05, 0.1) is 18.4 Å². The minimum Gasteiger partial charge on any atom is -0.383 e. The zero-order valence-corrected chi connectivity index (χ0v) is 10.7. The number of rotatable bonds is 5. The lowest BCUT2D eigenvalue weighted by Gasteiger charge is -2.06. The minimum atomic E-state index is -0.0917. The van der Waals surface area contributed by atoms with Gasteiger partial charge in [-0.2, -0.15) is 5.10 Å². The van der Waals surface area contributed by atoms with Crippen LogP contribution in [0.3, 0.4) is 0 Å². The van der Waals surface area contributed by atoms with Gasteiger partial charge in [-0.25, -0.2) is 9.67 Å². The SMILES string of the molecule is O=c1cc(NCC2CC2)cnn1Cc1nccs1. The van der Waals surface area contributed by atoms with Crippen LogP contribution >= 0.6 is 11.3 Å². The summed E-state index contributed by atoms with van der Waals surface area (Å²) in [5.41, 5.74) is 0.716. The molecule has 2 aromatic heterocycles. The van der Waals surface area contributed by atoms with E-state index in [-0.39, 0.29) is 5.56 Å². The second kappa shape index (κ2) is 4.89. The van der Waals surface area contributed by atoms with Gasteiger partial charge in [-0.15, -0.1) is 11.3 Å². The summed E-state index contributed by atoms with van der Waals surface area (Å²) in [5, 5.41) is 10.2. The molecule has 6 heteroatoms. The molecule has 2 heterocycles. The number of hydrogen-bond acceptors (Lipinski definition) is 5. The zero-order valence-electron chi connectivity index (χ0n) is 9.87. The van der Waals surface area contributed by atoms with Crippen LogP contribution in [0.15, 0.2) is 28.6 Å². The highest BCUT2D eigenvalue weighted by Gasteiger charge is 2.20. The predicted octanol–water partition coefficient (Wildman–Crippen LogP) is 1.57. The van der Waals surface area contributed by atoms with Gasteiger partial charge in [0.25, 0.3) is 5.56 Å². The number of nitrogens with zero attached hydrogens (tertiary/aromatic N) is 3. The second-order valence-electron chi connectivity index (χ2n) is 4.49. The molecule has 0 bridgehead atoms. The van der Waals surface area contributed by atoms with Crippen molar-refractivity contribution in [1.82, 2.24) is 14.8 Å². The van der Waals surface area contributed by atoms with Crippen LogP contribution in [-0.4, -0.2) is 21.3 Å². The van der Waals surface area contributed by atoms with Gasteiger partial charge < -0.3 is 5.32 Å². The van der Waals surface area contributed by atoms with Crippen molar-refractivity contribution in [1.29, 1.82) is 0 Å². The molecule has 0 spiro atoms. The molecule has 1 aliphatic rings. The maximum atomic E-state index is 11.9. The molecule has 0 saturated heterocycles. The highest BCUT2D eigenvalue weighted by Crippen LogP contribution is 2.28. The maximum absolute atomic E-state index is 11.9. The fourth-order valence-electron chi connectivity index (χ4n) is 1.69. The van der Waals surface area contributed by atoms with E-state index >= 15 is 0 Å². The van der Waals surface area contributed by atoms with Gasteiger partial charge >= 0.3 is 0 Å². The average Bonchev–Trinajstić information content (AvgIpc) is 3.06. The summed E-state index contributed by atoms with van der Waals surface area (Å²) in [6.45, 7) is 1.39. The van der Waals surface area contributed by atoms with E-state index in [1.807, 2.05) is 5.38 Å². The Morgan fingerprint density at radius 1 is 1.50 bits per heavy atom. The summed E-state index contributed by atoms with van der Waals surface area (Å²) < 4.78 is 1.43. The lowest BCUT2D eigenvalue weighted by Crippen LogP contribution is -2.23. The van der Waals surface area contributed by atoms with Crippen molar-refractivity contribution in [3.8, 4) is 0 Å². The summed E-state index contributed by atoms with van der Waals surface area (Å²) in [4.78, 5) is 16.0. The van der Waals surface area contributed by atoms with E-state index in [9.17, 15) is 4.79 Å². The van der Waals surface area contributed by atoms with Gasteiger partial charge in [0.15, 0.2) is 0 Å². The first kappa shape index (κ1) is 11.4. The number of aromatic nitrogens is 3. The highest BCUT2D eigenvalue weighted by molar-refractivity contribution is 7.09. The number of thiazole rings is 1. The summed E-state index contributed by atoms with van der Waals surface area (Å²) in [5.74, 6) is 0.780. The van der Waals surface area contributed by atoms with Crippen LogP contribution in [0.5, 0.6) is 0 Å². The fraction of sp³-hybridized carbons (Fsp3) is 0.417. The van der Waals surface area contributed by atoms with E-state index in [2.05, 4.69) is 15.4 Å². The van der Waals surface area contributed by atoms with Gasteiger partial charge in [0, 0.05) is 24.2 Å². The van der Waals surface area contributed by atoms with Gasteiger partial charge in [-0.1, -0.05) is 0 Å². The van der Waals surface area contributed by atoms with Crippen LogP contribution in [0, 0.1) is 5.92 Å². The van der Waals surface area contributed by atoms with Crippen LogP contribution < -0.4 is 10.9 Å². The van der Waals surface area contributed by atoms with Crippen molar-refractivity contribution < 1.29 is 0 Å². The Bertz CT molecular complexity index is 574. The third-order valence-corrected chi connectivity index (χ3v) is 3.69. The van der Waals surface area contributed by atoms with Gasteiger partial charge in [-0.3, -0.25) is 4.79 Å². The van der Waals surface area contributed by atoms with Crippen LogP contribution in [0.1, 0.15) is 17.8 Å². The monoisotopic (exact) mass is 262 g/mol. The van der Waals surface area contributed by atoms with Crippen LogP contribution in [0.4, 0.5) is 5.69 Å². The molecule has 0 aliphatic heterocycles. The lowest BCUT2D eigenvalue weighted by molar-refractivity contribution is 0.636. The molecule has 2 aromatic rings. The Labute approximate surface area is 108 Å². The summed E-state index contributed by atoms with van der Waals surface area (Å²) in [6.07, 6.45) is 6.02. The third kappa shape index (κ3) is 2.76. The lowest BCUT2D eigenvalue weighted by atomic mass is 10.4. The Morgan fingerprint density at radius 3 is 3.06 bits per heavy atom. The highest BCUT2D eigenvalue weighted by atomic mass is 32.1. The number of nitrogens with one attached hydrogen (secondary N) is 1. The molecule has 0 unspecified atom stereocenters. The van der Waals surface area contributed by atoms with Crippen molar-refractivity contribution in [2.45, 2.75) is 19.4 Å². The standard InChI is InChI=1S/C12H14N4OS/c17-12-5-10(14-6-9-1-2-9)7-15-16(12)8-11-13-3-4-18-11/h3-5,7,9,14H,1-2,6,8H2. The first-order valence-electron chi connectivity index (χ1n) is 6.01. The molecule has 18 heavy (non-hydrogen) atoms. The van der Waals surface area contributed by atoms with Crippen molar-refractivity contribution >= 4 is 17.0 Å². The molecule has 0 amide bonds. The summed E-state index contributed by atoms with van der Waals surface area (Å²) >= 11 is 1.53. The largest absolute Gasteiger partial charge is 0.383 e. The Kier molecular flexibility index (Phi) is 3.10. The van der Waals surface area contributed by atoms with E-state index in [0.717, 1.165) is 23.2 Å². The normalized spacial score (nSPS) is 14.7. The van der Waals surface area contributed by atoms with E-state index in [0.29, 0.717) is 6.54 Å². The molecule has 0 atom stereocenters. The van der Waals surface area contributed by atoms with Crippen molar-refractivity contribution in [2.24, 2.45) is 5.92 Å². The van der Waals surface area contributed by atoms with Gasteiger partial charge in [-0.05, 0) is 18.8 Å².